The van der Waals surface area contributed by atoms with E-state index in [1.807, 2.05) is 30.3 Å². The minimum absolute atomic E-state index is 0.333. The summed E-state index contributed by atoms with van der Waals surface area (Å²) < 4.78 is 24.3. The molecule has 0 aromatic heterocycles. The van der Waals surface area contributed by atoms with E-state index < -0.39 is 11.6 Å². The van der Waals surface area contributed by atoms with E-state index in [9.17, 15) is 9.18 Å². The van der Waals surface area contributed by atoms with Crippen molar-refractivity contribution in [2.24, 2.45) is 0 Å². The highest BCUT2D eigenvalue weighted by Gasteiger charge is 2.35. The number of carbonyl (C=O) groups excluding carboxylic acids is 1. The molecule has 0 aliphatic heterocycles. The molecule has 1 unspecified atom stereocenters. The number of rotatable bonds is 5. The maximum absolute atomic E-state index is 13.0. The lowest BCUT2D eigenvalue weighted by molar-refractivity contribution is -0.149. The van der Waals surface area contributed by atoms with Crippen LogP contribution in [0.3, 0.4) is 0 Å². The first kappa shape index (κ1) is 18.2. The van der Waals surface area contributed by atoms with Gasteiger partial charge in [-0.2, -0.15) is 0 Å². The Bertz CT molecular complexity index is 957. The van der Waals surface area contributed by atoms with Gasteiger partial charge in [0, 0.05) is 18.1 Å². The van der Waals surface area contributed by atoms with E-state index in [2.05, 4.69) is 5.92 Å². The lowest BCUT2D eigenvalue weighted by Gasteiger charge is -2.29. The average Bonchev–Trinajstić information content (AvgIpc) is 2.69. The molecule has 0 aliphatic rings. The minimum atomic E-state index is -1.33. The molecule has 3 aromatic rings. The Morgan fingerprint density at radius 2 is 1.41 bits per heavy atom. The summed E-state index contributed by atoms with van der Waals surface area (Å²) in [6.45, 7) is 1.32. The van der Waals surface area contributed by atoms with Crippen LogP contribution in [-0.2, 0) is 15.1 Å². The monoisotopic (exact) mass is 360 g/mol. The zero-order valence-corrected chi connectivity index (χ0v) is 14.7. The molecule has 0 spiro atoms. The molecule has 0 fully saturated rings. The maximum Gasteiger partial charge on any atom is 0.304 e. The van der Waals surface area contributed by atoms with Crippen LogP contribution < -0.4 is 4.74 Å². The van der Waals surface area contributed by atoms with Crippen LogP contribution in [0.25, 0.3) is 0 Å². The molecule has 134 valence electrons. The molecule has 0 N–H and O–H groups in total. The summed E-state index contributed by atoms with van der Waals surface area (Å²) in [5, 5.41) is 0. The largest absolute Gasteiger partial charge is 0.457 e. The molecule has 4 heteroatoms. The van der Waals surface area contributed by atoms with Crippen LogP contribution in [0, 0.1) is 18.2 Å². The van der Waals surface area contributed by atoms with Gasteiger partial charge in [0.05, 0.1) is 0 Å². The number of hydrogen-bond donors (Lipinski definition) is 0. The molecule has 0 bridgehead atoms. The van der Waals surface area contributed by atoms with Gasteiger partial charge in [0.15, 0.2) is 0 Å². The van der Waals surface area contributed by atoms with Gasteiger partial charge in [-0.25, -0.2) is 4.39 Å². The molecule has 3 rings (SSSR count). The van der Waals surface area contributed by atoms with Gasteiger partial charge in [-0.1, -0.05) is 30.3 Å². The fourth-order valence-electron chi connectivity index (χ4n) is 2.77. The van der Waals surface area contributed by atoms with Gasteiger partial charge >= 0.3 is 5.97 Å². The molecule has 27 heavy (non-hydrogen) atoms. The lowest BCUT2D eigenvalue weighted by atomic mass is 9.86. The van der Waals surface area contributed by atoms with Crippen LogP contribution in [0.1, 0.15) is 18.1 Å². The number of terminal acetylenes is 1. The summed E-state index contributed by atoms with van der Waals surface area (Å²) in [5.74, 6) is 2.87. The molecule has 0 saturated carbocycles. The standard InChI is InChI=1S/C23H17FO3/c1-3-23(27-17(2)25,18-7-5-4-6-8-18)19-9-13-21(14-10-19)26-22-15-11-20(24)12-16-22/h1,4-16H,2H3. The zero-order chi connectivity index (χ0) is 19.3. The molecule has 0 radical (unpaired) electrons. The second-order valence-electron chi connectivity index (χ2n) is 5.87. The Hall–Kier alpha value is -3.58. The van der Waals surface area contributed by atoms with Crippen LogP contribution >= 0.6 is 0 Å². The van der Waals surface area contributed by atoms with Gasteiger partial charge in [0.2, 0.25) is 5.60 Å². The van der Waals surface area contributed by atoms with Crippen molar-refractivity contribution in [2.75, 3.05) is 0 Å². The number of carbonyl (C=O) groups is 1. The third-order valence-corrected chi connectivity index (χ3v) is 3.99. The van der Waals surface area contributed by atoms with E-state index in [0.717, 1.165) is 0 Å². The van der Waals surface area contributed by atoms with Crippen LogP contribution in [0.2, 0.25) is 0 Å². The van der Waals surface area contributed by atoms with Crippen LogP contribution in [0.5, 0.6) is 11.5 Å². The van der Waals surface area contributed by atoms with Crippen molar-refractivity contribution >= 4 is 5.97 Å². The first-order valence-electron chi connectivity index (χ1n) is 8.30. The van der Waals surface area contributed by atoms with Crippen molar-refractivity contribution in [3.05, 3.63) is 95.8 Å². The summed E-state index contributed by atoms with van der Waals surface area (Å²) in [5.41, 5.74) is -0.0330. The SMILES string of the molecule is C#CC(OC(C)=O)(c1ccccc1)c1ccc(Oc2ccc(F)cc2)cc1. The van der Waals surface area contributed by atoms with Crippen LogP contribution in [0.15, 0.2) is 78.9 Å². The highest BCUT2D eigenvalue weighted by Crippen LogP contribution is 2.35. The summed E-state index contributed by atoms with van der Waals surface area (Å²) in [7, 11) is 0. The highest BCUT2D eigenvalue weighted by atomic mass is 19.1. The Balaban J connectivity index is 1.95. The van der Waals surface area contributed by atoms with Gasteiger partial charge in [0.25, 0.3) is 0 Å². The van der Waals surface area contributed by atoms with E-state index in [4.69, 9.17) is 15.9 Å². The van der Waals surface area contributed by atoms with Gasteiger partial charge in [-0.05, 0) is 54.5 Å². The first-order valence-corrected chi connectivity index (χ1v) is 8.30. The Labute approximate surface area is 157 Å². The predicted molar refractivity (Wildman–Crippen MR) is 101 cm³/mol. The van der Waals surface area contributed by atoms with Crippen molar-refractivity contribution < 1.29 is 18.7 Å². The molecule has 0 amide bonds. The van der Waals surface area contributed by atoms with E-state index in [-0.39, 0.29) is 5.82 Å². The normalized spacial score (nSPS) is 12.5. The number of ether oxygens (including phenoxy) is 2. The molecular formula is C23H17FO3. The fraction of sp³-hybridized carbons (Fsp3) is 0.0870. The third kappa shape index (κ3) is 3.99. The summed E-state index contributed by atoms with van der Waals surface area (Å²) in [6, 6.07) is 21.8. The molecule has 0 heterocycles. The smallest absolute Gasteiger partial charge is 0.304 e. The molecule has 0 aliphatic carbocycles. The first-order chi connectivity index (χ1) is 13.0. The molecule has 3 aromatic carbocycles. The topological polar surface area (TPSA) is 35.5 Å². The summed E-state index contributed by atoms with van der Waals surface area (Å²) in [4.78, 5) is 11.7. The minimum Gasteiger partial charge on any atom is -0.457 e. The lowest BCUT2D eigenvalue weighted by Crippen LogP contribution is -2.31. The summed E-state index contributed by atoms with van der Waals surface area (Å²) >= 11 is 0. The van der Waals surface area contributed by atoms with Crippen LogP contribution in [-0.4, -0.2) is 5.97 Å². The Morgan fingerprint density at radius 1 is 0.889 bits per heavy atom. The van der Waals surface area contributed by atoms with Crippen molar-refractivity contribution in [2.45, 2.75) is 12.5 Å². The van der Waals surface area contributed by atoms with Crippen LogP contribution in [0.4, 0.5) is 4.39 Å². The molecule has 1 atom stereocenters. The van der Waals surface area contributed by atoms with Crippen molar-refractivity contribution in [1.82, 2.24) is 0 Å². The molecule has 3 nitrogen and oxygen atoms in total. The van der Waals surface area contributed by atoms with E-state index >= 15 is 0 Å². The second-order valence-corrected chi connectivity index (χ2v) is 5.87. The predicted octanol–water partition coefficient (Wildman–Crippen LogP) is 5.06. The summed E-state index contributed by atoms with van der Waals surface area (Å²) in [6.07, 6.45) is 5.80. The van der Waals surface area contributed by atoms with E-state index in [1.165, 1.54) is 31.2 Å². The molecule has 0 saturated heterocycles. The Kier molecular flexibility index (Phi) is 5.23. The van der Waals surface area contributed by atoms with Crippen molar-refractivity contribution in [1.29, 1.82) is 0 Å². The third-order valence-electron chi connectivity index (χ3n) is 3.99. The Morgan fingerprint density at radius 3 is 1.93 bits per heavy atom. The van der Waals surface area contributed by atoms with Gasteiger partial charge in [0.1, 0.15) is 17.3 Å². The fourth-order valence-corrected chi connectivity index (χ4v) is 2.77. The number of halogens is 1. The van der Waals surface area contributed by atoms with Gasteiger partial charge < -0.3 is 9.47 Å². The number of benzene rings is 3. The van der Waals surface area contributed by atoms with Crippen molar-refractivity contribution in [3.63, 3.8) is 0 Å². The maximum atomic E-state index is 13.0. The van der Waals surface area contributed by atoms with Gasteiger partial charge in [-0.3, -0.25) is 4.79 Å². The molecular weight excluding hydrogens is 343 g/mol. The van der Waals surface area contributed by atoms with E-state index in [1.54, 1.807) is 24.3 Å². The zero-order valence-electron chi connectivity index (χ0n) is 14.7. The highest BCUT2D eigenvalue weighted by molar-refractivity contribution is 5.68. The number of esters is 1. The van der Waals surface area contributed by atoms with Gasteiger partial charge in [-0.15, -0.1) is 6.42 Å². The quantitative estimate of drug-likeness (QED) is 0.471. The average molecular weight is 360 g/mol. The van der Waals surface area contributed by atoms with E-state index in [0.29, 0.717) is 22.6 Å². The van der Waals surface area contributed by atoms with Crippen molar-refractivity contribution in [3.8, 4) is 23.8 Å². The second kappa shape index (κ2) is 7.76. The number of hydrogen-bond acceptors (Lipinski definition) is 3.